The van der Waals surface area contributed by atoms with E-state index in [9.17, 15) is 8.78 Å². The highest BCUT2D eigenvalue weighted by Gasteiger charge is 2.26. The van der Waals surface area contributed by atoms with E-state index in [0.29, 0.717) is 17.4 Å². The lowest BCUT2D eigenvalue weighted by Crippen LogP contribution is -1.97. The Morgan fingerprint density at radius 2 is 2.11 bits per heavy atom. The molecular weight excluding hydrogens is 252 g/mol. The number of aromatic nitrogens is 1. The highest BCUT2D eigenvalue weighted by molar-refractivity contribution is 5.62. The molecule has 1 aliphatic carbocycles. The van der Waals surface area contributed by atoms with Gasteiger partial charge in [0, 0.05) is 0 Å². The average molecular weight is 265 g/mol. The van der Waals surface area contributed by atoms with Crippen LogP contribution in [0.1, 0.15) is 18.5 Å². The second-order valence-electron chi connectivity index (χ2n) is 4.72. The van der Waals surface area contributed by atoms with Crippen molar-refractivity contribution < 1.29 is 17.9 Å². The van der Waals surface area contributed by atoms with E-state index in [4.69, 9.17) is 9.15 Å². The third-order valence-electron chi connectivity index (χ3n) is 3.33. The van der Waals surface area contributed by atoms with Gasteiger partial charge in [0.2, 0.25) is 5.82 Å². The third-order valence-corrected chi connectivity index (χ3v) is 3.33. The number of halogens is 2. The Morgan fingerprint density at radius 3 is 2.79 bits per heavy atom. The monoisotopic (exact) mass is 265 g/mol. The molecule has 19 heavy (non-hydrogen) atoms. The Labute approximate surface area is 109 Å². The number of hydrogen-bond acceptors (Lipinski definition) is 3. The van der Waals surface area contributed by atoms with Gasteiger partial charge in [0.1, 0.15) is 0 Å². The molecule has 0 saturated heterocycles. The maximum Gasteiger partial charge on any atom is 0.201 e. The number of rotatable bonds is 4. The average Bonchev–Trinajstić information content (AvgIpc) is 3.10. The minimum Gasteiger partial charge on any atom is -0.494 e. The topological polar surface area (TPSA) is 35.3 Å². The van der Waals surface area contributed by atoms with Crippen LogP contribution in [-0.2, 0) is 6.42 Å². The van der Waals surface area contributed by atoms with Crippen LogP contribution < -0.4 is 4.74 Å². The molecule has 0 atom stereocenters. The van der Waals surface area contributed by atoms with E-state index < -0.39 is 11.6 Å². The molecule has 0 N–H and O–H groups in total. The summed E-state index contributed by atoms with van der Waals surface area (Å²) in [5.74, 6) is -1.19. The zero-order valence-corrected chi connectivity index (χ0v) is 10.5. The Morgan fingerprint density at radius 1 is 1.32 bits per heavy atom. The van der Waals surface area contributed by atoms with Gasteiger partial charge in [-0.25, -0.2) is 9.37 Å². The Balaban J connectivity index is 2.01. The van der Waals surface area contributed by atoms with E-state index in [1.165, 1.54) is 25.6 Å². The van der Waals surface area contributed by atoms with Crippen molar-refractivity contribution in [1.82, 2.24) is 4.98 Å². The summed E-state index contributed by atoms with van der Waals surface area (Å²) in [6, 6.07) is 2.84. The Bertz CT molecular complexity index is 605. The van der Waals surface area contributed by atoms with Gasteiger partial charge in [0.15, 0.2) is 23.7 Å². The molecule has 0 radical (unpaired) electrons. The van der Waals surface area contributed by atoms with Crippen LogP contribution in [0.15, 0.2) is 22.9 Å². The van der Waals surface area contributed by atoms with Gasteiger partial charge >= 0.3 is 0 Å². The molecule has 0 bridgehead atoms. The van der Waals surface area contributed by atoms with Crippen LogP contribution in [0, 0.1) is 17.6 Å². The summed E-state index contributed by atoms with van der Waals surface area (Å²) in [5, 5.41) is 0. The summed E-state index contributed by atoms with van der Waals surface area (Å²) in [6.07, 6.45) is 4.34. The highest BCUT2D eigenvalue weighted by atomic mass is 19.2. The molecule has 1 fully saturated rings. The second kappa shape index (κ2) is 4.64. The van der Waals surface area contributed by atoms with Gasteiger partial charge < -0.3 is 9.15 Å². The largest absolute Gasteiger partial charge is 0.494 e. The normalized spacial score (nSPS) is 14.7. The van der Waals surface area contributed by atoms with Gasteiger partial charge in [-0.3, -0.25) is 0 Å². The molecule has 0 unspecified atom stereocenters. The van der Waals surface area contributed by atoms with E-state index >= 15 is 0 Å². The summed E-state index contributed by atoms with van der Waals surface area (Å²) in [6.45, 7) is 0. The highest BCUT2D eigenvalue weighted by Crippen LogP contribution is 2.37. The van der Waals surface area contributed by atoms with E-state index in [1.807, 2.05) is 0 Å². The van der Waals surface area contributed by atoms with E-state index in [2.05, 4.69) is 4.98 Å². The summed E-state index contributed by atoms with van der Waals surface area (Å²) in [4.78, 5) is 4.10. The summed E-state index contributed by atoms with van der Waals surface area (Å²) in [5.41, 5.74) is 0.775. The van der Waals surface area contributed by atoms with Crippen LogP contribution in [0.2, 0.25) is 0 Å². The molecule has 0 amide bonds. The number of nitrogens with zero attached hydrogens (tertiary/aromatic N) is 1. The fourth-order valence-corrected chi connectivity index (χ4v) is 2.09. The van der Waals surface area contributed by atoms with Gasteiger partial charge in [0.05, 0.1) is 18.4 Å². The molecule has 1 heterocycles. The van der Waals surface area contributed by atoms with Crippen molar-refractivity contribution in [2.24, 2.45) is 5.92 Å². The molecule has 0 aliphatic heterocycles. The number of benzene rings is 1. The first-order valence-electron chi connectivity index (χ1n) is 6.15. The minimum absolute atomic E-state index is 0.0893. The number of hydrogen-bond donors (Lipinski definition) is 0. The van der Waals surface area contributed by atoms with Gasteiger partial charge in [0.25, 0.3) is 0 Å². The van der Waals surface area contributed by atoms with Gasteiger partial charge in [-0.2, -0.15) is 4.39 Å². The van der Waals surface area contributed by atoms with Crippen LogP contribution in [0.3, 0.4) is 0 Å². The molecule has 3 nitrogen and oxygen atoms in total. The molecule has 1 saturated carbocycles. The zero-order valence-electron chi connectivity index (χ0n) is 10.5. The number of ether oxygens (including phenoxy) is 1. The molecule has 2 aromatic rings. The third kappa shape index (κ3) is 2.20. The SMILES string of the molecule is COc1ccc(-c2ocnc2CC2CC2)c(F)c1F. The first kappa shape index (κ1) is 12.1. The van der Waals surface area contributed by atoms with Crippen molar-refractivity contribution in [1.29, 1.82) is 0 Å². The van der Waals surface area contributed by atoms with Crippen LogP contribution >= 0.6 is 0 Å². The molecule has 1 aromatic heterocycles. The molecule has 1 aromatic carbocycles. The van der Waals surface area contributed by atoms with Gasteiger partial charge in [-0.05, 0) is 37.3 Å². The molecule has 3 rings (SSSR count). The minimum atomic E-state index is -1.01. The quantitative estimate of drug-likeness (QED) is 0.847. The van der Waals surface area contributed by atoms with E-state index in [-0.39, 0.29) is 11.3 Å². The lowest BCUT2D eigenvalue weighted by atomic mass is 10.1. The second-order valence-corrected chi connectivity index (χ2v) is 4.72. The summed E-state index contributed by atoms with van der Waals surface area (Å²) >= 11 is 0. The lowest BCUT2D eigenvalue weighted by Gasteiger charge is -2.06. The van der Waals surface area contributed by atoms with Crippen LogP contribution in [-0.4, -0.2) is 12.1 Å². The standard InChI is InChI=1S/C14H13F2NO2/c1-18-11-5-4-9(12(15)13(11)16)14-10(17-7-19-14)6-8-2-3-8/h4-5,7-8H,2-3,6H2,1H3. The van der Waals surface area contributed by atoms with Crippen LogP contribution in [0.5, 0.6) is 5.75 Å². The van der Waals surface area contributed by atoms with Crippen LogP contribution in [0.4, 0.5) is 8.78 Å². The van der Waals surface area contributed by atoms with Crippen molar-refractivity contribution >= 4 is 0 Å². The zero-order chi connectivity index (χ0) is 13.4. The van der Waals surface area contributed by atoms with Crippen molar-refractivity contribution in [3.8, 4) is 17.1 Å². The van der Waals surface area contributed by atoms with Crippen molar-refractivity contribution in [3.05, 3.63) is 35.9 Å². The fourth-order valence-electron chi connectivity index (χ4n) is 2.09. The maximum atomic E-state index is 14.0. The van der Waals surface area contributed by atoms with Crippen LogP contribution in [0.25, 0.3) is 11.3 Å². The Hall–Kier alpha value is -1.91. The van der Waals surface area contributed by atoms with E-state index in [0.717, 1.165) is 19.3 Å². The smallest absolute Gasteiger partial charge is 0.201 e. The summed E-state index contributed by atoms with van der Waals surface area (Å²) in [7, 11) is 1.30. The molecule has 0 spiro atoms. The first-order valence-corrected chi connectivity index (χ1v) is 6.15. The van der Waals surface area contributed by atoms with Crippen molar-refractivity contribution in [3.63, 3.8) is 0 Å². The number of oxazole rings is 1. The molecule has 5 heteroatoms. The van der Waals surface area contributed by atoms with Crippen molar-refractivity contribution in [2.45, 2.75) is 19.3 Å². The lowest BCUT2D eigenvalue weighted by molar-refractivity contribution is 0.372. The summed E-state index contributed by atoms with van der Waals surface area (Å²) < 4.78 is 37.7. The van der Waals surface area contributed by atoms with Gasteiger partial charge in [-0.15, -0.1) is 0 Å². The predicted molar refractivity (Wildman–Crippen MR) is 64.8 cm³/mol. The Kier molecular flexibility index (Phi) is 2.97. The van der Waals surface area contributed by atoms with Gasteiger partial charge in [-0.1, -0.05) is 0 Å². The van der Waals surface area contributed by atoms with E-state index in [1.54, 1.807) is 0 Å². The maximum absolute atomic E-state index is 14.0. The molecule has 1 aliphatic rings. The molecule has 100 valence electrons. The fraction of sp³-hybridized carbons (Fsp3) is 0.357. The van der Waals surface area contributed by atoms with Crippen molar-refractivity contribution in [2.75, 3.05) is 7.11 Å². The first-order chi connectivity index (χ1) is 9.20. The predicted octanol–water partition coefficient (Wildman–Crippen LogP) is 3.58. The number of methoxy groups -OCH3 is 1. The molecular formula is C14H13F2NO2.